The summed E-state index contributed by atoms with van der Waals surface area (Å²) < 4.78 is 27.2. The number of carbonyl (C=O) groups excluding carboxylic acids is 1. The molecule has 0 saturated carbocycles. The van der Waals surface area contributed by atoms with Gasteiger partial charge in [-0.25, -0.2) is 13.1 Å². The Bertz CT molecular complexity index is 641. The minimum absolute atomic E-state index is 0.0760. The van der Waals surface area contributed by atoms with Crippen LogP contribution in [0.15, 0.2) is 23.1 Å². The molecule has 0 spiro atoms. The van der Waals surface area contributed by atoms with Crippen molar-refractivity contribution in [2.75, 3.05) is 18.0 Å². The lowest BCUT2D eigenvalue weighted by Gasteiger charge is -2.16. The van der Waals surface area contributed by atoms with Crippen LogP contribution in [0.5, 0.6) is 0 Å². The lowest BCUT2D eigenvalue weighted by Crippen LogP contribution is -2.28. The van der Waals surface area contributed by atoms with Gasteiger partial charge in [0.05, 0.1) is 4.90 Å². The summed E-state index contributed by atoms with van der Waals surface area (Å²) in [6.07, 6.45) is 4.08. The molecule has 0 fully saturated rings. The van der Waals surface area contributed by atoms with Gasteiger partial charge in [0.25, 0.3) is 0 Å². The summed E-state index contributed by atoms with van der Waals surface area (Å²) in [5, 5.41) is 0. The van der Waals surface area contributed by atoms with Gasteiger partial charge in [-0.05, 0) is 36.6 Å². The second kappa shape index (κ2) is 7.24. The van der Waals surface area contributed by atoms with E-state index in [2.05, 4.69) is 11.6 Å². The Labute approximate surface area is 132 Å². The van der Waals surface area contributed by atoms with Gasteiger partial charge in [-0.1, -0.05) is 26.7 Å². The monoisotopic (exact) mass is 324 g/mol. The van der Waals surface area contributed by atoms with E-state index in [9.17, 15) is 13.2 Å². The molecule has 1 aliphatic heterocycles. The first-order valence-corrected chi connectivity index (χ1v) is 9.41. The van der Waals surface area contributed by atoms with Gasteiger partial charge in [0.1, 0.15) is 0 Å². The number of anilines is 1. The fourth-order valence-corrected chi connectivity index (χ4v) is 3.78. The zero-order valence-corrected chi connectivity index (χ0v) is 14.1. The number of hydrogen-bond donors (Lipinski definition) is 1. The molecule has 5 nitrogen and oxygen atoms in total. The molecule has 0 radical (unpaired) electrons. The quantitative estimate of drug-likeness (QED) is 0.784. The molecule has 6 heteroatoms. The minimum atomic E-state index is -3.46. The third-order valence-corrected chi connectivity index (χ3v) is 5.39. The fourth-order valence-electron chi connectivity index (χ4n) is 2.66. The van der Waals surface area contributed by atoms with Gasteiger partial charge >= 0.3 is 0 Å². The van der Waals surface area contributed by atoms with Crippen LogP contribution < -0.4 is 9.62 Å². The average Bonchev–Trinajstić information content (AvgIpc) is 2.94. The minimum Gasteiger partial charge on any atom is -0.312 e. The van der Waals surface area contributed by atoms with E-state index in [0.29, 0.717) is 25.9 Å². The van der Waals surface area contributed by atoms with Gasteiger partial charge in [-0.2, -0.15) is 0 Å². The number of amides is 1. The standard InChI is InChI=1S/C16H24N2O3S/c1-3-5-6-10-17-22(20,21)14-7-8-15-13(12-14)9-11-18(15)16(19)4-2/h7-8,12,17H,3-6,9-11H2,1-2H3. The average molecular weight is 324 g/mol. The summed E-state index contributed by atoms with van der Waals surface area (Å²) in [4.78, 5) is 13.9. The van der Waals surface area contributed by atoms with Crippen molar-refractivity contribution in [1.82, 2.24) is 4.72 Å². The Morgan fingerprint density at radius 3 is 2.73 bits per heavy atom. The highest BCUT2D eigenvalue weighted by atomic mass is 32.2. The van der Waals surface area contributed by atoms with Crippen molar-refractivity contribution in [3.05, 3.63) is 23.8 Å². The molecule has 2 rings (SSSR count). The van der Waals surface area contributed by atoms with Gasteiger partial charge in [-0.3, -0.25) is 4.79 Å². The molecule has 1 aromatic carbocycles. The molecular weight excluding hydrogens is 300 g/mol. The van der Waals surface area contributed by atoms with Crippen LogP contribution in [-0.4, -0.2) is 27.4 Å². The van der Waals surface area contributed by atoms with Crippen molar-refractivity contribution >= 4 is 21.6 Å². The SMILES string of the molecule is CCCCCNS(=O)(=O)c1ccc2c(c1)CCN2C(=O)CC. The van der Waals surface area contributed by atoms with Crippen LogP contribution in [0.1, 0.15) is 45.1 Å². The fraction of sp³-hybridized carbons (Fsp3) is 0.562. The number of nitrogens with one attached hydrogen (secondary N) is 1. The molecule has 22 heavy (non-hydrogen) atoms. The van der Waals surface area contributed by atoms with Crippen LogP contribution in [-0.2, 0) is 21.2 Å². The first-order valence-electron chi connectivity index (χ1n) is 7.92. The Morgan fingerprint density at radius 2 is 2.05 bits per heavy atom. The Hall–Kier alpha value is -1.40. The molecule has 0 aromatic heterocycles. The topological polar surface area (TPSA) is 66.5 Å². The van der Waals surface area contributed by atoms with Crippen molar-refractivity contribution in [3.63, 3.8) is 0 Å². The van der Waals surface area contributed by atoms with Crippen molar-refractivity contribution in [2.24, 2.45) is 0 Å². The molecule has 0 saturated heterocycles. The second-order valence-corrected chi connectivity index (χ2v) is 7.31. The number of benzene rings is 1. The molecular formula is C16H24N2O3S. The number of rotatable bonds is 7. The molecule has 0 unspecified atom stereocenters. The van der Waals surface area contributed by atoms with Crippen molar-refractivity contribution < 1.29 is 13.2 Å². The second-order valence-electron chi connectivity index (χ2n) is 5.54. The van der Waals surface area contributed by atoms with Crippen LogP contribution in [0.25, 0.3) is 0 Å². The lowest BCUT2D eigenvalue weighted by molar-refractivity contribution is -0.118. The molecule has 1 amide bonds. The number of fused-ring (bicyclic) bond motifs is 1. The summed E-state index contributed by atoms with van der Waals surface area (Å²) in [7, 11) is -3.46. The number of hydrogen-bond acceptors (Lipinski definition) is 3. The van der Waals surface area contributed by atoms with Gasteiger partial charge in [0.15, 0.2) is 0 Å². The molecule has 122 valence electrons. The lowest BCUT2D eigenvalue weighted by atomic mass is 10.2. The molecule has 1 aliphatic rings. The highest BCUT2D eigenvalue weighted by Crippen LogP contribution is 2.30. The number of unbranched alkanes of at least 4 members (excludes halogenated alkanes) is 2. The van der Waals surface area contributed by atoms with Gasteiger partial charge < -0.3 is 4.90 Å². The van der Waals surface area contributed by atoms with E-state index in [1.807, 2.05) is 6.92 Å². The predicted molar refractivity (Wildman–Crippen MR) is 87.5 cm³/mol. The van der Waals surface area contributed by atoms with Gasteiger partial charge in [0, 0.05) is 25.2 Å². The zero-order chi connectivity index (χ0) is 16.2. The predicted octanol–water partition coefficient (Wildman–Crippen LogP) is 2.45. The van der Waals surface area contributed by atoms with Crippen molar-refractivity contribution in [1.29, 1.82) is 0 Å². The molecule has 1 aromatic rings. The van der Waals surface area contributed by atoms with Crippen molar-refractivity contribution in [3.8, 4) is 0 Å². The third kappa shape index (κ3) is 3.67. The maximum atomic E-state index is 12.3. The van der Waals surface area contributed by atoms with Crippen LogP contribution in [0, 0.1) is 0 Å². The highest BCUT2D eigenvalue weighted by Gasteiger charge is 2.25. The maximum Gasteiger partial charge on any atom is 0.240 e. The Morgan fingerprint density at radius 1 is 1.27 bits per heavy atom. The number of nitrogens with zero attached hydrogens (tertiary/aromatic N) is 1. The van der Waals surface area contributed by atoms with Crippen LogP contribution in [0.2, 0.25) is 0 Å². The number of sulfonamides is 1. The molecule has 1 heterocycles. The van der Waals surface area contributed by atoms with E-state index in [-0.39, 0.29) is 10.8 Å². The van der Waals surface area contributed by atoms with E-state index in [1.165, 1.54) is 0 Å². The largest absolute Gasteiger partial charge is 0.312 e. The van der Waals surface area contributed by atoms with Gasteiger partial charge in [-0.15, -0.1) is 0 Å². The van der Waals surface area contributed by atoms with Gasteiger partial charge in [0.2, 0.25) is 15.9 Å². The first-order chi connectivity index (χ1) is 10.5. The maximum absolute atomic E-state index is 12.3. The third-order valence-electron chi connectivity index (χ3n) is 3.93. The van der Waals surface area contributed by atoms with E-state index >= 15 is 0 Å². The smallest absolute Gasteiger partial charge is 0.240 e. The van der Waals surface area contributed by atoms with Crippen molar-refractivity contribution in [2.45, 2.75) is 50.8 Å². The van der Waals surface area contributed by atoms with Crippen LogP contribution in [0.3, 0.4) is 0 Å². The molecule has 0 bridgehead atoms. The van der Waals surface area contributed by atoms with Crippen LogP contribution >= 0.6 is 0 Å². The van der Waals surface area contributed by atoms with E-state index < -0.39 is 10.0 Å². The Balaban J connectivity index is 2.13. The number of carbonyl (C=O) groups is 1. The van der Waals surface area contributed by atoms with Crippen LogP contribution in [0.4, 0.5) is 5.69 Å². The first kappa shape index (κ1) is 17.0. The molecule has 0 atom stereocenters. The van der Waals surface area contributed by atoms with E-state index in [4.69, 9.17) is 0 Å². The summed E-state index contributed by atoms with van der Waals surface area (Å²) in [6, 6.07) is 5.03. The summed E-state index contributed by atoms with van der Waals surface area (Å²) in [6.45, 7) is 5.01. The molecule has 1 N–H and O–H groups in total. The normalized spacial score (nSPS) is 14.2. The zero-order valence-electron chi connectivity index (χ0n) is 13.3. The molecule has 0 aliphatic carbocycles. The van der Waals surface area contributed by atoms with E-state index in [0.717, 1.165) is 30.5 Å². The Kier molecular flexibility index (Phi) is 5.58. The highest BCUT2D eigenvalue weighted by molar-refractivity contribution is 7.89. The summed E-state index contributed by atoms with van der Waals surface area (Å²) >= 11 is 0. The summed E-state index contributed by atoms with van der Waals surface area (Å²) in [5.41, 5.74) is 1.77. The van der Waals surface area contributed by atoms with E-state index in [1.54, 1.807) is 23.1 Å². The summed E-state index contributed by atoms with van der Waals surface area (Å²) in [5.74, 6) is 0.0760.